The minimum Gasteiger partial charge on any atom is -0.467 e. The largest absolute Gasteiger partial charge is 0.467 e. The number of amides is 1. The van der Waals surface area contributed by atoms with Gasteiger partial charge in [0.2, 0.25) is 11.0 Å². The zero-order valence-corrected chi connectivity index (χ0v) is 19.7. The quantitative estimate of drug-likeness (QED) is 0.347. The van der Waals surface area contributed by atoms with Gasteiger partial charge in [-0.05, 0) is 37.1 Å². The van der Waals surface area contributed by atoms with Crippen molar-refractivity contribution in [2.75, 3.05) is 11.4 Å². The lowest BCUT2D eigenvalue weighted by atomic mass is 10.1. The zero-order chi connectivity index (χ0) is 23.0. The number of aryl methyl sites for hydroxylation is 1. The SMILES string of the molecule is Cc1ccc(Cc2nsc(N(CCC(=O)NC(C)c3ccccc3)Cc3ccco3)n2)cc1. The maximum absolute atomic E-state index is 12.6. The van der Waals surface area contributed by atoms with Crippen molar-refractivity contribution in [2.24, 2.45) is 0 Å². The van der Waals surface area contributed by atoms with E-state index in [-0.39, 0.29) is 11.9 Å². The third kappa shape index (κ3) is 6.52. The summed E-state index contributed by atoms with van der Waals surface area (Å²) < 4.78 is 10.1. The lowest BCUT2D eigenvalue weighted by molar-refractivity contribution is -0.121. The van der Waals surface area contributed by atoms with Gasteiger partial charge in [0.05, 0.1) is 18.8 Å². The van der Waals surface area contributed by atoms with Crippen LogP contribution in [0.25, 0.3) is 0 Å². The summed E-state index contributed by atoms with van der Waals surface area (Å²) in [6.07, 6.45) is 2.69. The Morgan fingerprint density at radius 3 is 2.61 bits per heavy atom. The average Bonchev–Trinajstić information content (AvgIpc) is 3.51. The summed E-state index contributed by atoms with van der Waals surface area (Å²) in [7, 11) is 0. The van der Waals surface area contributed by atoms with Crippen LogP contribution in [0.5, 0.6) is 0 Å². The molecule has 4 aromatic rings. The van der Waals surface area contributed by atoms with Gasteiger partial charge in [-0.2, -0.15) is 4.37 Å². The van der Waals surface area contributed by atoms with E-state index < -0.39 is 0 Å². The van der Waals surface area contributed by atoms with Gasteiger partial charge in [0.15, 0.2) is 0 Å². The van der Waals surface area contributed by atoms with Crippen LogP contribution < -0.4 is 10.2 Å². The zero-order valence-electron chi connectivity index (χ0n) is 18.9. The predicted octanol–water partition coefficient (Wildman–Crippen LogP) is 5.30. The molecule has 170 valence electrons. The Hall–Kier alpha value is -3.45. The maximum Gasteiger partial charge on any atom is 0.222 e. The van der Waals surface area contributed by atoms with E-state index in [0.717, 1.165) is 22.3 Å². The Morgan fingerprint density at radius 2 is 1.88 bits per heavy atom. The van der Waals surface area contributed by atoms with Gasteiger partial charge in [-0.1, -0.05) is 60.2 Å². The van der Waals surface area contributed by atoms with Gasteiger partial charge in [-0.3, -0.25) is 4.79 Å². The summed E-state index contributed by atoms with van der Waals surface area (Å²) >= 11 is 1.36. The minimum atomic E-state index is -0.0418. The highest BCUT2D eigenvalue weighted by Crippen LogP contribution is 2.22. The topological polar surface area (TPSA) is 71.3 Å². The van der Waals surface area contributed by atoms with Gasteiger partial charge < -0.3 is 14.6 Å². The first kappa shape index (κ1) is 22.7. The summed E-state index contributed by atoms with van der Waals surface area (Å²) in [5.74, 6) is 1.61. The molecule has 0 bridgehead atoms. The van der Waals surface area contributed by atoms with E-state index >= 15 is 0 Å². The molecule has 2 heterocycles. The second kappa shape index (κ2) is 10.9. The van der Waals surface area contributed by atoms with Crippen LogP contribution in [0.4, 0.5) is 5.13 Å². The minimum absolute atomic E-state index is 0.000178. The van der Waals surface area contributed by atoms with Crippen LogP contribution in [0.2, 0.25) is 0 Å². The van der Waals surface area contributed by atoms with Gasteiger partial charge in [-0.25, -0.2) is 4.98 Å². The second-order valence-electron chi connectivity index (χ2n) is 8.11. The molecule has 4 rings (SSSR count). The monoisotopic (exact) mass is 460 g/mol. The molecule has 0 radical (unpaired) electrons. The Kier molecular flexibility index (Phi) is 7.52. The molecule has 0 saturated carbocycles. The summed E-state index contributed by atoms with van der Waals surface area (Å²) in [5.41, 5.74) is 3.50. The summed E-state index contributed by atoms with van der Waals surface area (Å²) in [4.78, 5) is 19.5. The first-order chi connectivity index (χ1) is 16.1. The van der Waals surface area contributed by atoms with Crippen LogP contribution in [-0.4, -0.2) is 21.8 Å². The van der Waals surface area contributed by atoms with Crippen molar-refractivity contribution in [3.63, 3.8) is 0 Å². The number of benzene rings is 2. The molecular weight excluding hydrogens is 432 g/mol. The van der Waals surface area contributed by atoms with Crippen molar-refractivity contribution in [1.82, 2.24) is 14.7 Å². The van der Waals surface area contributed by atoms with E-state index in [9.17, 15) is 4.79 Å². The number of carbonyl (C=O) groups excluding carboxylic acids is 1. The van der Waals surface area contributed by atoms with Crippen LogP contribution in [0.15, 0.2) is 77.4 Å². The number of anilines is 1. The standard InChI is InChI=1S/C26H28N4O2S/c1-19-10-12-21(13-11-19)17-24-28-26(33-29-24)30(18-23-9-6-16-32-23)15-14-25(31)27-20(2)22-7-4-3-5-8-22/h3-13,16,20H,14-15,17-18H2,1-2H3,(H,27,31). The predicted molar refractivity (Wildman–Crippen MR) is 131 cm³/mol. The molecule has 0 aliphatic rings. The number of carbonyl (C=O) groups is 1. The third-order valence-corrected chi connectivity index (χ3v) is 6.24. The third-order valence-electron chi connectivity index (χ3n) is 5.42. The first-order valence-corrected chi connectivity index (χ1v) is 11.8. The van der Waals surface area contributed by atoms with Gasteiger partial charge in [-0.15, -0.1) is 0 Å². The van der Waals surface area contributed by atoms with Crippen LogP contribution in [0, 0.1) is 6.92 Å². The molecule has 1 amide bonds. The molecule has 0 aliphatic heterocycles. The number of hydrogen-bond donors (Lipinski definition) is 1. The van der Waals surface area contributed by atoms with E-state index in [1.165, 1.54) is 22.7 Å². The fourth-order valence-corrected chi connectivity index (χ4v) is 4.25. The molecule has 0 fully saturated rings. The van der Waals surface area contributed by atoms with Crippen molar-refractivity contribution in [3.05, 3.63) is 101 Å². The number of hydrogen-bond acceptors (Lipinski definition) is 6. The summed E-state index contributed by atoms with van der Waals surface area (Å²) in [5, 5.41) is 3.87. The fraction of sp³-hybridized carbons (Fsp3) is 0.269. The Labute approximate surface area is 198 Å². The van der Waals surface area contributed by atoms with E-state index in [1.807, 2.05) is 49.4 Å². The first-order valence-electron chi connectivity index (χ1n) is 11.1. The van der Waals surface area contributed by atoms with E-state index in [4.69, 9.17) is 9.40 Å². The van der Waals surface area contributed by atoms with Crippen LogP contribution in [-0.2, 0) is 17.8 Å². The molecule has 1 atom stereocenters. The van der Waals surface area contributed by atoms with Crippen molar-refractivity contribution in [2.45, 2.75) is 39.3 Å². The van der Waals surface area contributed by atoms with Gasteiger partial charge in [0.1, 0.15) is 11.6 Å². The molecule has 1 N–H and O–H groups in total. The number of furan rings is 1. The highest BCUT2D eigenvalue weighted by Gasteiger charge is 2.17. The molecule has 0 saturated heterocycles. The molecule has 2 aromatic heterocycles. The molecule has 6 nitrogen and oxygen atoms in total. The van der Waals surface area contributed by atoms with Gasteiger partial charge in [0, 0.05) is 30.9 Å². The number of nitrogens with zero attached hydrogens (tertiary/aromatic N) is 3. The van der Waals surface area contributed by atoms with Crippen molar-refractivity contribution in [1.29, 1.82) is 0 Å². The van der Waals surface area contributed by atoms with Crippen molar-refractivity contribution < 1.29 is 9.21 Å². The Morgan fingerprint density at radius 1 is 1.09 bits per heavy atom. The second-order valence-corrected chi connectivity index (χ2v) is 8.84. The molecule has 0 spiro atoms. The lowest BCUT2D eigenvalue weighted by Gasteiger charge is -2.21. The lowest BCUT2D eigenvalue weighted by Crippen LogP contribution is -2.32. The maximum atomic E-state index is 12.6. The molecule has 0 aliphatic carbocycles. The molecular formula is C26H28N4O2S. The Balaban J connectivity index is 1.40. The molecule has 2 aromatic carbocycles. The summed E-state index contributed by atoms with van der Waals surface area (Å²) in [6.45, 7) is 5.13. The normalized spacial score (nSPS) is 11.8. The van der Waals surface area contributed by atoms with Crippen LogP contribution in [0.1, 0.15) is 47.7 Å². The van der Waals surface area contributed by atoms with Crippen LogP contribution in [0.3, 0.4) is 0 Å². The fourth-order valence-electron chi connectivity index (χ4n) is 3.54. The Bertz CT molecular complexity index is 1140. The van der Waals surface area contributed by atoms with E-state index in [1.54, 1.807) is 6.26 Å². The molecule has 7 heteroatoms. The smallest absolute Gasteiger partial charge is 0.222 e. The molecule has 33 heavy (non-hydrogen) atoms. The number of nitrogens with one attached hydrogen (secondary N) is 1. The van der Waals surface area contributed by atoms with Crippen molar-refractivity contribution >= 4 is 22.6 Å². The van der Waals surface area contributed by atoms with Crippen LogP contribution >= 0.6 is 11.5 Å². The van der Waals surface area contributed by atoms with E-state index in [2.05, 4.69) is 45.8 Å². The van der Waals surface area contributed by atoms with Crippen molar-refractivity contribution in [3.8, 4) is 0 Å². The highest BCUT2D eigenvalue weighted by atomic mass is 32.1. The molecule has 1 unspecified atom stereocenters. The number of rotatable bonds is 10. The van der Waals surface area contributed by atoms with Gasteiger partial charge >= 0.3 is 0 Å². The summed E-state index contributed by atoms with van der Waals surface area (Å²) in [6, 6.07) is 22.1. The average molecular weight is 461 g/mol. The van der Waals surface area contributed by atoms with E-state index in [0.29, 0.717) is 25.9 Å². The van der Waals surface area contributed by atoms with Gasteiger partial charge in [0.25, 0.3) is 0 Å². The number of aromatic nitrogens is 2. The highest BCUT2D eigenvalue weighted by molar-refractivity contribution is 7.09.